The number of rotatable bonds is 4. The quantitative estimate of drug-likeness (QED) is 0.852. The van der Waals surface area contributed by atoms with Gasteiger partial charge >= 0.3 is 5.97 Å². The fourth-order valence-corrected chi connectivity index (χ4v) is 2.41. The van der Waals surface area contributed by atoms with Crippen LogP contribution in [0.4, 0.5) is 15.1 Å². The monoisotopic (exact) mass is 344 g/mol. The molecular formula is C12H10BrFN2O2S. The zero-order valence-electron chi connectivity index (χ0n) is 9.94. The predicted octanol–water partition coefficient (Wildman–Crippen LogP) is 3.97. The molecule has 1 N–H and O–H groups in total. The summed E-state index contributed by atoms with van der Waals surface area (Å²) in [6.07, 6.45) is 0. The lowest BCUT2D eigenvalue weighted by molar-refractivity contribution is 0.0521. The van der Waals surface area contributed by atoms with Crippen molar-refractivity contribution in [2.24, 2.45) is 0 Å². The molecule has 1 aromatic heterocycles. The number of nitrogens with one attached hydrogen (secondary N) is 1. The summed E-state index contributed by atoms with van der Waals surface area (Å²) in [5.41, 5.74) is 1.94. The smallest absolute Gasteiger partial charge is 0.360 e. The van der Waals surface area contributed by atoms with Gasteiger partial charge in [-0.1, -0.05) is 15.9 Å². The van der Waals surface area contributed by atoms with Gasteiger partial charge in [0.1, 0.15) is 10.8 Å². The van der Waals surface area contributed by atoms with Gasteiger partial charge in [-0.25, -0.2) is 14.2 Å². The summed E-state index contributed by atoms with van der Waals surface area (Å²) in [5, 5.41) is 3.30. The largest absolute Gasteiger partial charge is 0.461 e. The standard InChI is InChI=1S/C12H10BrFN2O2S/c1-2-18-12(17)10-11(19-6-15-10)16-9-4-3-7(13)5-8(9)14/h3-6,16H,2H2,1H3. The third kappa shape index (κ3) is 3.30. The molecule has 0 fully saturated rings. The molecule has 0 saturated heterocycles. The van der Waals surface area contributed by atoms with E-state index in [-0.39, 0.29) is 18.0 Å². The molecule has 0 aliphatic heterocycles. The molecule has 2 aromatic rings. The Hall–Kier alpha value is -1.47. The topological polar surface area (TPSA) is 51.2 Å². The molecule has 1 heterocycles. The van der Waals surface area contributed by atoms with E-state index in [1.165, 1.54) is 22.9 Å². The van der Waals surface area contributed by atoms with Crippen LogP contribution in [-0.4, -0.2) is 17.6 Å². The minimum atomic E-state index is -0.524. The summed E-state index contributed by atoms with van der Waals surface area (Å²) >= 11 is 4.39. The van der Waals surface area contributed by atoms with Crippen LogP contribution in [0.3, 0.4) is 0 Å². The van der Waals surface area contributed by atoms with E-state index in [1.807, 2.05) is 0 Å². The van der Waals surface area contributed by atoms with E-state index < -0.39 is 11.8 Å². The lowest BCUT2D eigenvalue weighted by atomic mass is 10.3. The van der Waals surface area contributed by atoms with E-state index in [4.69, 9.17) is 4.74 Å². The highest BCUT2D eigenvalue weighted by Crippen LogP contribution is 2.28. The van der Waals surface area contributed by atoms with Crippen molar-refractivity contribution < 1.29 is 13.9 Å². The molecule has 0 saturated carbocycles. The first kappa shape index (κ1) is 14.0. The molecule has 0 radical (unpaired) electrons. The van der Waals surface area contributed by atoms with Crippen LogP contribution in [0, 0.1) is 5.82 Å². The summed E-state index contributed by atoms with van der Waals surface area (Å²) in [6, 6.07) is 4.62. The first-order valence-corrected chi connectivity index (χ1v) is 7.11. The Kier molecular flexibility index (Phi) is 4.49. The Labute approximate surface area is 121 Å². The van der Waals surface area contributed by atoms with Gasteiger partial charge in [-0.3, -0.25) is 0 Å². The van der Waals surface area contributed by atoms with Gasteiger partial charge in [-0.05, 0) is 25.1 Å². The van der Waals surface area contributed by atoms with Crippen LogP contribution in [0.25, 0.3) is 0 Å². The Morgan fingerprint density at radius 3 is 3.05 bits per heavy atom. The number of esters is 1. The molecule has 2 rings (SSSR count). The molecule has 0 spiro atoms. The summed E-state index contributed by atoms with van der Waals surface area (Å²) in [7, 11) is 0. The zero-order valence-corrected chi connectivity index (χ0v) is 12.3. The molecular weight excluding hydrogens is 335 g/mol. The van der Waals surface area contributed by atoms with E-state index in [2.05, 4.69) is 26.2 Å². The summed E-state index contributed by atoms with van der Waals surface area (Å²) < 4.78 is 19.2. The van der Waals surface area contributed by atoms with Gasteiger partial charge in [-0.2, -0.15) is 0 Å². The number of carbonyl (C=O) groups is 1. The number of carbonyl (C=O) groups excluding carboxylic acids is 1. The maximum absolute atomic E-state index is 13.7. The fourth-order valence-electron chi connectivity index (χ4n) is 1.39. The molecule has 0 unspecified atom stereocenters. The zero-order chi connectivity index (χ0) is 13.8. The number of aromatic nitrogens is 1. The van der Waals surface area contributed by atoms with Crippen LogP contribution in [0.5, 0.6) is 0 Å². The van der Waals surface area contributed by atoms with Gasteiger partial charge in [0.15, 0.2) is 5.69 Å². The minimum absolute atomic E-state index is 0.161. The molecule has 1 aromatic carbocycles. The summed E-state index contributed by atoms with van der Waals surface area (Å²) in [5.74, 6) is -0.943. The number of thiazole rings is 1. The Balaban J connectivity index is 2.24. The van der Waals surface area contributed by atoms with Crippen LogP contribution < -0.4 is 5.32 Å². The average Bonchev–Trinajstić information content (AvgIpc) is 2.81. The van der Waals surface area contributed by atoms with E-state index in [9.17, 15) is 9.18 Å². The lowest BCUT2D eigenvalue weighted by Gasteiger charge is -2.07. The van der Waals surface area contributed by atoms with Crippen molar-refractivity contribution in [3.8, 4) is 0 Å². The molecule has 7 heteroatoms. The van der Waals surface area contributed by atoms with Crippen LogP contribution in [0.1, 0.15) is 17.4 Å². The van der Waals surface area contributed by atoms with Crippen LogP contribution in [0.2, 0.25) is 0 Å². The van der Waals surface area contributed by atoms with Gasteiger partial charge in [0.05, 0.1) is 17.8 Å². The second-order valence-electron chi connectivity index (χ2n) is 3.50. The highest BCUT2D eigenvalue weighted by Gasteiger charge is 2.17. The Morgan fingerprint density at radius 2 is 2.37 bits per heavy atom. The third-order valence-corrected chi connectivity index (χ3v) is 3.45. The molecule has 100 valence electrons. The highest BCUT2D eigenvalue weighted by atomic mass is 79.9. The first-order chi connectivity index (χ1) is 9.11. The number of hydrogen-bond donors (Lipinski definition) is 1. The number of halogens is 2. The molecule has 0 bridgehead atoms. The Morgan fingerprint density at radius 1 is 1.58 bits per heavy atom. The van der Waals surface area contributed by atoms with Gasteiger partial charge in [0.25, 0.3) is 0 Å². The molecule has 0 aliphatic rings. The van der Waals surface area contributed by atoms with Crippen molar-refractivity contribution in [1.82, 2.24) is 4.98 Å². The van der Waals surface area contributed by atoms with Gasteiger partial charge in [0.2, 0.25) is 0 Å². The molecule has 19 heavy (non-hydrogen) atoms. The van der Waals surface area contributed by atoms with E-state index in [1.54, 1.807) is 19.1 Å². The second kappa shape index (κ2) is 6.12. The van der Waals surface area contributed by atoms with Gasteiger partial charge in [-0.15, -0.1) is 11.3 Å². The molecule has 4 nitrogen and oxygen atoms in total. The van der Waals surface area contributed by atoms with Crippen molar-refractivity contribution in [3.63, 3.8) is 0 Å². The summed E-state index contributed by atoms with van der Waals surface area (Å²) in [4.78, 5) is 15.6. The maximum atomic E-state index is 13.7. The maximum Gasteiger partial charge on any atom is 0.360 e. The lowest BCUT2D eigenvalue weighted by Crippen LogP contribution is -2.07. The van der Waals surface area contributed by atoms with Crippen LogP contribution >= 0.6 is 27.3 Å². The normalized spacial score (nSPS) is 10.3. The third-order valence-electron chi connectivity index (χ3n) is 2.22. The summed E-state index contributed by atoms with van der Waals surface area (Å²) in [6.45, 7) is 1.98. The predicted molar refractivity (Wildman–Crippen MR) is 75.5 cm³/mol. The number of benzene rings is 1. The number of nitrogens with zero attached hydrogens (tertiary/aromatic N) is 1. The average molecular weight is 345 g/mol. The second-order valence-corrected chi connectivity index (χ2v) is 5.27. The SMILES string of the molecule is CCOC(=O)c1ncsc1Nc1ccc(Br)cc1F. The van der Waals surface area contributed by atoms with Crippen molar-refractivity contribution in [3.05, 3.63) is 39.7 Å². The van der Waals surface area contributed by atoms with Crippen LogP contribution in [0.15, 0.2) is 28.2 Å². The number of hydrogen-bond acceptors (Lipinski definition) is 5. The Bertz CT molecular complexity index is 603. The molecule has 0 amide bonds. The van der Waals surface area contributed by atoms with E-state index in [0.29, 0.717) is 9.47 Å². The van der Waals surface area contributed by atoms with E-state index >= 15 is 0 Å². The van der Waals surface area contributed by atoms with Crippen molar-refractivity contribution in [1.29, 1.82) is 0 Å². The first-order valence-electron chi connectivity index (χ1n) is 5.44. The van der Waals surface area contributed by atoms with Crippen LogP contribution in [-0.2, 0) is 4.74 Å². The van der Waals surface area contributed by atoms with Crippen molar-refractivity contribution in [2.75, 3.05) is 11.9 Å². The fraction of sp³-hybridized carbons (Fsp3) is 0.167. The van der Waals surface area contributed by atoms with Gasteiger partial charge < -0.3 is 10.1 Å². The highest BCUT2D eigenvalue weighted by molar-refractivity contribution is 9.10. The number of ether oxygens (including phenoxy) is 1. The van der Waals surface area contributed by atoms with E-state index in [0.717, 1.165) is 0 Å². The van der Waals surface area contributed by atoms with Crippen molar-refractivity contribution in [2.45, 2.75) is 6.92 Å². The van der Waals surface area contributed by atoms with Gasteiger partial charge in [0, 0.05) is 4.47 Å². The van der Waals surface area contributed by atoms with Crippen molar-refractivity contribution >= 4 is 43.9 Å². The molecule has 0 aliphatic carbocycles. The molecule has 0 atom stereocenters. The minimum Gasteiger partial charge on any atom is -0.461 e. The number of anilines is 2.